The Morgan fingerprint density at radius 1 is 1.06 bits per heavy atom. The van der Waals surface area contributed by atoms with Crippen LogP contribution < -0.4 is 10.5 Å². The third kappa shape index (κ3) is 3.96. The van der Waals surface area contributed by atoms with Gasteiger partial charge in [-0.25, -0.2) is 0 Å². The van der Waals surface area contributed by atoms with Gasteiger partial charge in [-0.2, -0.15) is 0 Å². The summed E-state index contributed by atoms with van der Waals surface area (Å²) in [4.78, 5) is 30.4. The largest absolute Gasteiger partial charge is 0.368 e. The molecule has 1 amide bonds. The standard InChI is InChI=1S/C25H26N6O2S/c1-3-13-30-23(33)20-11-7-8-12-21(20)31-24(30)26-27-25(31)34-18(2)22(32)29-16-14-28(15-17-29)19-9-5-4-6-10-19/h3-12,18H,1,13-17H2,2H3. The number of carbonyl (C=O) groups excluding carboxylic acids is 1. The van der Waals surface area contributed by atoms with Crippen LogP contribution in [0.15, 0.2) is 77.2 Å². The molecule has 1 aliphatic rings. The SMILES string of the molecule is C=CCn1c(=O)c2ccccc2n2c(SC(C)C(=O)N3CCN(c4ccccc4)CC3)nnc12. The lowest BCUT2D eigenvalue weighted by Crippen LogP contribution is -2.50. The number of piperazine rings is 1. The minimum atomic E-state index is -0.339. The second kappa shape index (κ2) is 9.34. The average Bonchev–Trinajstić information content (AvgIpc) is 3.30. The van der Waals surface area contributed by atoms with Crippen LogP contribution in [-0.4, -0.2) is 61.4 Å². The Hall–Kier alpha value is -3.59. The molecule has 0 spiro atoms. The van der Waals surface area contributed by atoms with E-state index in [1.165, 1.54) is 17.4 Å². The van der Waals surface area contributed by atoms with E-state index in [1.807, 2.05) is 52.6 Å². The monoisotopic (exact) mass is 474 g/mol. The van der Waals surface area contributed by atoms with Gasteiger partial charge >= 0.3 is 0 Å². The highest BCUT2D eigenvalue weighted by Gasteiger charge is 2.27. The summed E-state index contributed by atoms with van der Waals surface area (Å²) in [5.74, 6) is 0.528. The fourth-order valence-electron chi connectivity index (χ4n) is 4.39. The van der Waals surface area contributed by atoms with Gasteiger partial charge in [0.25, 0.3) is 5.56 Å². The zero-order valence-corrected chi connectivity index (χ0v) is 19.8. The molecule has 1 atom stereocenters. The summed E-state index contributed by atoms with van der Waals surface area (Å²) in [6, 6.07) is 17.7. The summed E-state index contributed by atoms with van der Waals surface area (Å²) in [7, 11) is 0. The number of rotatable bonds is 6. The van der Waals surface area contributed by atoms with Crippen LogP contribution in [0.1, 0.15) is 6.92 Å². The Kier molecular flexibility index (Phi) is 6.10. The van der Waals surface area contributed by atoms with Gasteiger partial charge in [-0.3, -0.25) is 18.6 Å². The second-order valence-electron chi connectivity index (χ2n) is 8.25. The average molecular weight is 475 g/mol. The maximum atomic E-state index is 13.3. The molecule has 4 aromatic rings. The lowest BCUT2D eigenvalue weighted by Gasteiger charge is -2.37. The number of benzene rings is 2. The third-order valence-corrected chi connectivity index (χ3v) is 7.16. The highest BCUT2D eigenvalue weighted by molar-refractivity contribution is 8.00. The van der Waals surface area contributed by atoms with Gasteiger partial charge in [-0.1, -0.05) is 48.2 Å². The van der Waals surface area contributed by atoms with Gasteiger partial charge in [-0.05, 0) is 31.2 Å². The van der Waals surface area contributed by atoms with Crippen molar-refractivity contribution in [2.45, 2.75) is 23.9 Å². The van der Waals surface area contributed by atoms with Gasteiger partial charge < -0.3 is 9.80 Å². The Bertz CT molecular complexity index is 1410. The Morgan fingerprint density at radius 2 is 1.76 bits per heavy atom. The van der Waals surface area contributed by atoms with Crippen molar-refractivity contribution in [3.8, 4) is 0 Å². The van der Waals surface area contributed by atoms with Gasteiger partial charge in [0.1, 0.15) is 0 Å². The number of hydrogen-bond acceptors (Lipinski definition) is 6. The molecule has 1 unspecified atom stereocenters. The number of carbonyl (C=O) groups is 1. The first kappa shape index (κ1) is 22.2. The van der Waals surface area contributed by atoms with Crippen LogP contribution in [0.5, 0.6) is 0 Å². The maximum absolute atomic E-state index is 13.3. The van der Waals surface area contributed by atoms with Crippen LogP contribution in [0.4, 0.5) is 5.69 Å². The molecule has 8 nitrogen and oxygen atoms in total. The highest BCUT2D eigenvalue weighted by atomic mass is 32.2. The predicted molar refractivity (Wildman–Crippen MR) is 136 cm³/mol. The number of nitrogens with zero attached hydrogens (tertiary/aromatic N) is 6. The summed E-state index contributed by atoms with van der Waals surface area (Å²) >= 11 is 1.37. The first-order valence-corrected chi connectivity index (χ1v) is 12.2. The molecule has 1 aliphatic heterocycles. The zero-order valence-electron chi connectivity index (χ0n) is 19.0. The molecule has 2 aromatic carbocycles. The molecule has 0 bridgehead atoms. The Balaban J connectivity index is 1.38. The quantitative estimate of drug-likeness (QED) is 0.316. The van der Waals surface area contributed by atoms with Crippen molar-refractivity contribution in [2.24, 2.45) is 0 Å². The van der Waals surface area contributed by atoms with Gasteiger partial charge in [0.05, 0.1) is 16.2 Å². The van der Waals surface area contributed by atoms with Crippen molar-refractivity contribution < 1.29 is 4.79 Å². The van der Waals surface area contributed by atoms with E-state index < -0.39 is 0 Å². The summed E-state index contributed by atoms with van der Waals surface area (Å²) in [6.07, 6.45) is 1.67. The van der Waals surface area contributed by atoms with Gasteiger partial charge in [0, 0.05) is 38.4 Å². The molecule has 2 aromatic heterocycles. The molecule has 3 heterocycles. The fourth-order valence-corrected chi connectivity index (χ4v) is 5.33. The van der Waals surface area contributed by atoms with Crippen LogP contribution in [-0.2, 0) is 11.3 Å². The lowest BCUT2D eigenvalue weighted by molar-refractivity contribution is -0.130. The number of allylic oxidation sites excluding steroid dienone is 1. The van der Waals surface area contributed by atoms with Gasteiger partial charge in [0.2, 0.25) is 11.7 Å². The van der Waals surface area contributed by atoms with E-state index >= 15 is 0 Å². The highest BCUT2D eigenvalue weighted by Crippen LogP contribution is 2.27. The van der Waals surface area contributed by atoms with Crippen LogP contribution in [0.2, 0.25) is 0 Å². The van der Waals surface area contributed by atoms with Crippen molar-refractivity contribution in [1.29, 1.82) is 0 Å². The van der Waals surface area contributed by atoms with Gasteiger partial charge in [0.15, 0.2) is 5.16 Å². The third-order valence-electron chi connectivity index (χ3n) is 6.13. The van der Waals surface area contributed by atoms with E-state index in [9.17, 15) is 9.59 Å². The van der Waals surface area contributed by atoms with E-state index in [2.05, 4.69) is 33.8 Å². The predicted octanol–water partition coefficient (Wildman–Crippen LogP) is 3.06. The number of amides is 1. The van der Waals surface area contributed by atoms with E-state index in [0.717, 1.165) is 18.6 Å². The van der Waals surface area contributed by atoms with E-state index in [4.69, 9.17) is 0 Å². The first-order chi connectivity index (χ1) is 16.6. The topological polar surface area (TPSA) is 75.7 Å². The van der Waals surface area contributed by atoms with Crippen molar-refractivity contribution in [2.75, 3.05) is 31.1 Å². The molecular weight excluding hydrogens is 448 g/mol. The van der Waals surface area contributed by atoms with E-state index in [-0.39, 0.29) is 16.7 Å². The molecule has 1 fully saturated rings. The lowest BCUT2D eigenvalue weighted by atomic mass is 10.2. The molecule has 0 N–H and O–H groups in total. The van der Waals surface area contributed by atoms with Crippen molar-refractivity contribution in [3.63, 3.8) is 0 Å². The van der Waals surface area contributed by atoms with Crippen LogP contribution in [0, 0.1) is 0 Å². The number of para-hydroxylation sites is 2. The molecule has 1 saturated heterocycles. The number of fused-ring (bicyclic) bond motifs is 3. The normalized spacial score (nSPS) is 15.1. The number of aromatic nitrogens is 4. The molecule has 174 valence electrons. The Morgan fingerprint density at radius 3 is 2.50 bits per heavy atom. The molecule has 9 heteroatoms. The van der Waals surface area contributed by atoms with E-state index in [1.54, 1.807) is 16.7 Å². The number of hydrogen-bond donors (Lipinski definition) is 0. The van der Waals surface area contributed by atoms with Crippen molar-refractivity contribution in [3.05, 3.63) is 77.6 Å². The number of anilines is 1. The minimum Gasteiger partial charge on any atom is -0.368 e. The summed E-state index contributed by atoms with van der Waals surface area (Å²) < 4.78 is 3.42. The molecule has 0 saturated carbocycles. The van der Waals surface area contributed by atoms with Crippen molar-refractivity contribution in [1.82, 2.24) is 24.1 Å². The molecule has 0 aliphatic carbocycles. The van der Waals surface area contributed by atoms with Gasteiger partial charge in [-0.15, -0.1) is 16.8 Å². The Labute approximate surface area is 201 Å². The summed E-state index contributed by atoms with van der Waals surface area (Å²) in [5.41, 5.74) is 1.78. The maximum Gasteiger partial charge on any atom is 0.263 e. The van der Waals surface area contributed by atoms with Crippen LogP contribution in [0.25, 0.3) is 16.7 Å². The zero-order chi connectivity index (χ0) is 23.7. The fraction of sp³-hybridized carbons (Fsp3) is 0.280. The molecule has 34 heavy (non-hydrogen) atoms. The molecular formula is C25H26N6O2S. The van der Waals surface area contributed by atoms with Crippen molar-refractivity contribution >= 4 is 40.0 Å². The molecule has 5 rings (SSSR count). The summed E-state index contributed by atoms with van der Waals surface area (Å²) in [5, 5.41) is 9.47. The molecule has 0 radical (unpaired) electrons. The van der Waals surface area contributed by atoms with E-state index in [0.29, 0.717) is 36.0 Å². The number of thioether (sulfide) groups is 1. The summed E-state index contributed by atoms with van der Waals surface area (Å²) in [6.45, 7) is 8.97. The second-order valence-corrected chi connectivity index (χ2v) is 9.56. The first-order valence-electron chi connectivity index (χ1n) is 11.3. The smallest absolute Gasteiger partial charge is 0.263 e. The van der Waals surface area contributed by atoms with Crippen LogP contribution >= 0.6 is 11.8 Å². The van der Waals surface area contributed by atoms with Crippen LogP contribution in [0.3, 0.4) is 0 Å². The minimum absolute atomic E-state index is 0.0816.